The van der Waals surface area contributed by atoms with E-state index in [1.165, 1.54) is 4.90 Å². The topological polar surface area (TPSA) is 3.24 Å². The third kappa shape index (κ3) is 1.12. The predicted molar refractivity (Wildman–Crippen MR) is 38.7 cm³/mol. The quantitative estimate of drug-likeness (QED) is 0.549. The van der Waals surface area contributed by atoms with Crippen molar-refractivity contribution in [1.29, 1.82) is 0 Å². The van der Waals surface area contributed by atoms with E-state index in [-0.39, 0.29) is 5.37 Å². The number of halogens is 2. The highest BCUT2D eigenvalue weighted by Gasteiger charge is 2.29. The Kier molecular flexibility index (Phi) is 2.18. The first-order chi connectivity index (χ1) is 4.66. The number of nitrogens with zero attached hydrogens (tertiary/aromatic N) is 1. The highest BCUT2D eigenvalue weighted by atomic mass is 32.2. The van der Waals surface area contributed by atoms with E-state index in [1.54, 1.807) is 7.05 Å². The Morgan fingerprint density at radius 2 is 2.20 bits per heavy atom. The zero-order valence-corrected chi connectivity index (χ0v) is 6.71. The molecular formula is C6H9F2NS. The van der Waals surface area contributed by atoms with Crippen LogP contribution in [0.1, 0.15) is 13.3 Å². The largest absolute Gasteiger partial charge is 0.336 e. The van der Waals surface area contributed by atoms with Gasteiger partial charge in [-0.25, -0.2) is 0 Å². The summed E-state index contributed by atoms with van der Waals surface area (Å²) in [6, 6.07) is 0. The second-order valence-corrected chi connectivity index (χ2v) is 3.29. The zero-order valence-electron chi connectivity index (χ0n) is 5.90. The average molecular weight is 165 g/mol. The van der Waals surface area contributed by atoms with Gasteiger partial charge in [0.1, 0.15) is 0 Å². The molecule has 1 atom stereocenters. The van der Waals surface area contributed by atoms with Gasteiger partial charge in [-0.05, 0) is 6.42 Å². The number of rotatable bonds is 1. The standard InChI is InChI=1S/C6H9F2NS/c1-3-4-9(2)5(7)6(8)10-4/h4H,3H2,1-2H3. The Labute approximate surface area is 63.1 Å². The van der Waals surface area contributed by atoms with Crippen molar-refractivity contribution >= 4 is 11.8 Å². The SMILES string of the molecule is CCC1SC(F)=C(F)N1C. The normalized spacial score (nSPS) is 26.4. The van der Waals surface area contributed by atoms with Gasteiger partial charge in [0.05, 0.1) is 5.37 Å². The molecule has 0 aromatic rings. The molecule has 10 heavy (non-hydrogen) atoms. The van der Waals surface area contributed by atoms with E-state index < -0.39 is 11.1 Å². The summed E-state index contributed by atoms with van der Waals surface area (Å²) >= 11 is 0.946. The van der Waals surface area contributed by atoms with Gasteiger partial charge >= 0.3 is 0 Å². The maximum absolute atomic E-state index is 12.6. The molecule has 1 aliphatic rings. The summed E-state index contributed by atoms with van der Waals surface area (Å²) in [5.41, 5.74) is 0. The predicted octanol–water partition coefficient (Wildman–Crippen LogP) is 2.47. The average Bonchev–Trinajstić information content (AvgIpc) is 2.17. The van der Waals surface area contributed by atoms with Gasteiger partial charge in [-0.1, -0.05) is 18.7 Å². The van der Waals surface area contributed by atoms with Crippen molar-refractivity contribution in [2.45, 2.75) is 18.7 Å². The third-order valence-corrected chi connectivity index (χ3v) is 2.79. The van der Waals surface area contributed by atoms with Crippen molar-refractivity contribution in [3.05, 3.63) is 11.1 Å². The molecule has 0 fully saturated rings. The minimum absolute atomic E-state index is 0.0556. The molecule has 58 valence electrons. The summed E-state index contributed by atoms with van der Waals surface area (Å²) in [5, 5.41) is -0.741. The maximum Gasteiger partial charge on any atom is 0.233 e. The Hall–Kier alpha value is -0.250. The molecule has 1 aliphatic heterocycles. The molecule has 0 aromatic carbocycles. The molecule has 0 N–H and O–H groups in total. The second-order valence-electron chi connectivity index (χ2n) is 2.16. The fourth-order valence-electron chi connectivity index (χ4n) is 0.869. The first kappa shape index (κ1) is 7.85. The highest BCUT2D eigenvalue weighted by Crippen LogP contribution is 2.39. The number of thioether (sulfide) groups is 1. The Morgan fingerprint density at radius 3 is 2.40 bits per heavy atom. The molecule has 0 aliphatic carbocycles. The van der Waals surface area contributed by atoms with E-state index in [2.05, 4.69) is 0 Å². The fraction of sp³-hybridized carbons (Fsp3) is 0.667. The monoisotopic (exact) mass is 165 g/mol. The summed E-state index contributed by atoms with van der Waals surface area (Å²) in [5.74, 6) is -0.725. The first-order valence-corrected chi connectivity index (χ1v) is 3.99. The van der Waals surface area contributed by atoms with E-state index in [4.69, 9.17) is 0 Å². The van der Waals surface area contributed by atoms with Crippen molar-refractivity contribution in [3.63, 3.8) is 0 Å². The smallest absolute Gasteiger partial charge is 0.233 e. The van der Waals surface area contributed by atoms with Crippen molar-refractivity contribution in [3.8, 4) is 0 Å². The van der Waals surface area contributed by atoms with Gasteiger partial charge in [0.15, 0.2) is 0 Å². The summed E-state index contributed by atoms with van der Waals surface area (Å²) < 4.78 is 25.0. The zero-order chi connectivity index (χ0) is 7.72. The lowest BCUT2D eigenvalue weighted by molar-refractivity contribution is 0.299. The fourth-order valence-corrected chi connectivity index (χ4v) is 1.77. The van der Waals surface area contributed by atoms with E-state index >= 15 is 0 Å². The van der Waals surface area contributed by atoms with Crippen LogP contribution in [0.5, 0.6) is 0 Å². The van der Waals surface area contributed by atoms with E-state index in [1.807, 2.05) is 6.92 Å². The molecule has 0 amide bonds. The van der Waals surface area contributed by atoms with Crippen LogP contribution in [-0.4, -0.2) is 17.3 Å². The summed E-state index contributed by atoms with van der Waals surface area (Å²) in [6.45, 7) is 1.90. The third-order valence-electron chi connectivity index (χ3n) is 1.49. The van der Waals surface area contributed by atoms with Crippen LogP contribution in [0.4, 0.5) is 8.78 Å². The summed E-state index contributed by atoms with van der Waals surface area (Å²) in [6.07, 6.45) is 0.752. The molecule has 1 heterocycles. The van der Waals surface area contributed by atoms with Crippen molar-refractivity contribution in [1.82, 2.24) is 4.90 Å². The van der Waals surface area contributed by atoms with Crippen LogP contribution in [0.15, 0.2) is 11.1 Å². The van der Waals surface area contributed by atoms with Gasteiger partial charge in [-0.3, -0.25) is 0 Å². The minimum atomic E-state index is -0.725. The van der Waals surface area contributed by atoms with Gasteiger partial charge < -0.3 is 4.90 Å². The molecule has 1 nitrogen and oxygen atoms in total. The van der Waals surface area contributed by atoms with E-state index in [0.29, 0.717) is 0 Å². The van der Waals surface area contributed by atoms with Gasteiger partial charge in [-0.15, -0.1) is 0 Å². The van der Waals surface area contributed by atoms with Crippen LogP contribution >= 0.6 is 11.8 Å². The summed E-state index contributed by atoms with van der Waals surface area (Å²) in [7, 11) is 1.56. The maximum atomic E-state index is 12.6. The molecule has 0 spiro atoms. The lowest BCUT2D eigenvalue weighted by atomic mass is 10.4. The van der Waals surface area contributed by atoms with Crippen LogP contribution in [0.25, 0.3) is 0 Å². The van der Waals surface area contributed by atoms with Gasteiger partial charge in [0.2, 0.25) is 11.1 Å². The molecule has 0 radical (unpaired) electrons. The second kappa shape index (κ2) is 2.78. The Balaban J connectivity index is 2.67. The summed E-state index contributed by atoms with van der Waals surface area (Å²) in [4.78, 5) is 1.32. The van der Waals surface area contributed by atoms with Gasteiger partial charge in [0.25, 0.3) is 0 Å². The van der Waals surface area contributed by atoms with Crippen LogP contribution in [0.3, 0.4) is 0 Å². The van der Waals surface area contributed by atoms with Crippen molar-refractivity contribution in [2.75, 3.05) is 7.05 Å². The first-order valence-electron chi connectivity index (χ1n) is 3.11. The van der Waals surface area contributed by atoms with Crippen molar-refractivity contribution < 1.29 is 8.78 Å². The minimum Gasteiger partial charge on any atom is -0.336 e. The molecule has 0 saturated heterocycles. The van der Waals surface area contributed by atoms with E-state index in [0.717, 1.165) is 18.2 Å². The van der Waals surface area contributed by atoms with Gasteiger partial charge in [-0.2, -0.15) is 8.78 Å². The molecule has 4 heteroatoms. The molecule has 1 rings (SSSR count). The van der Waals surface area contributed by atoms with E-state index in [9.17, 15) is 8.78 Å². The number of hydrogen-bond donors (Lipinski definition) is 0. The molecular weight excluding hydrogens is 156 g/mol. The highest BCUT2D eigenvalue weighted by molar-refractivity contribution is 8.03. The van der Waals surface area contributed by atoms with Crippen LogP contribution in [-0.2, 0) is 0 Å². The lowest BCUT2D eigenvalue weighted by Crippen LogP contribution is -2.21. The molecule has 0 aromatic heterocycles. The van der Waals surface area contributed by atoms with Crippen LogP contribution < -0.4 is 0 Å². The van der Waals surface area contributed by atoms with Crippen molar-refractivity contribution in [2.24, 2.45) is 0 Å². The number of hydrogen-bond acceptors (Lipinski definition) is 2. The van der Waals surface area contributed by atoms with Crippen LogP contribution in [0, 0.1) is 0 Å². The molecule has 1 unspecified atom stereocenters. The molecule has 0 bridgehead atoms. The Bertz CT molecular complexity index is 169. The molecule has 0 saturated carbocycles. The Morgan fingerprint density at radius 1 is 1.60 bits per heavy atom. The van der Waals surface area contributed by atoms with Gasteiger partial charge in [0, 0.05) is 7.05 Å². The van der Waals surface area contributed by atoms with Crippen LogP contribution in [0.2, 0.25) is 0 Å². The lowest BCUT2D eigenvalue weighted by Gasteiger charge is -2.17.